The van der Waals surface area contributed by atoms with Crippen LogP contribution < -0.4 is 14.4 Å². The van der Waals surface area contributed by atoms with Gasteiger partial charge in [0, 0.05) is 19.5 Å². The van der Waals surface area contributed by atoms with Crippen LogP contribution >= 0.6 is 0 Å². The molecule has 4 aromatic carbocycles. The highest BCUT2D eigenvalue weighted by molar-refractivity contribution is 7.92. The van der Waals surface area contributed by atoms with Gasteiger partial charge in [-0.1, -0.05) is 80.6 Å². The normalized spacial score (nSPS) is 12.0. The van der Waals surface area contributed by atoms with Gasteiger partial charge in [0.25, 0.3) is 10.0 Å². The smallest absolute Gasteiger partial charge is 0.264 e. The van der Waals surface area contributed by atoms with E-state index >= 15 is 0 Å². The lowest BCUT2D eigenvalue weighted by Crippen LogP contribution is -2.53. The van der Waals surface area contributed by atoms with Crippen molar-refractivity contribution in [2.45, 2.75) is 44.7 Å². The zero-order valence-electron chi connectivity index (χ0n) is 26.5. The zero-order chi connectivity index (χ0) is 33.3. The van der Waals surface area contributed by atoms with E-state index in [-0.39, 0.29) is 41.1 Å². The second-order valence-electron chi connectivity index (χ2n) is 11.5. The van der Waals surface area contributed by atoms with Crippen LogP contribution in [0.1, 0.15) is 30.5 Å². The van der Waals surface area contributed by atoms with Gasteiger partial charge in [-0.2, -0.15) is 0 Å². The third-order valence-corrected chi connectivity index (χ3v) is 9.21. The lowest BCUT2D eigenvalue weighted by atomic mass is 10.0. The van der Waals surface area contributed by atoms with Crippen molar-refractivity contribution in [2.75, 3.05) is 24.5 Å². The predicted octanol–water partition coefficient (Wildman–Crippen LogP) is 5.75. The zero-order valence-corrected chi connectivity index (χ0v) is 27.3. The van der Waals surface area contributed by atoms with E-state index in [1.807, 2.05) is 51.1 Å². The molecule has 0 aliphatic carbocycles. The summed E-state index contributed by atoms with van der Waals surface area (Å²) in [5.74, 6) is -1.02. The van der Waals surface area contributed by atoms with Crippen molar-refractivity contribution in [2.24, 2.45) is 5.92 Å². The van der Waals surface area contributed by atoms with Crippen molar-refractivity contribution < 1.29 is 27.1 Å². The Bertz CT molecular complexity index is 1720. The van der Waals surface area contributed by atoms with Gasteiger partial charge in [-0.15, -0.1) is 0 Å². The third kappa shape index (κ3) is 8.72. The number of methoxy groups -OCH3 is 1. The van der Waals surface area contributed by atoms with Gasteiger partial charge in [0.1, 0.15) is 24.2 Å². The number of anilines is 1. The number of carbonyl (C=O) groups excluding carboxylic acids is 2. The molecule has 0 aromatic heterocycles. The Balaban J connectivity index is 1.83. The summed E-state index contributed by atoms with van der Waals surface area (Å²) in [6, 6.07) is 26.9. The number of benzene rings is 4. The number of carbonyl (C=O) groups is 2. The molecule has 10 heteroatoms. The average Bonchev–Trinajstić information content (AvgIpc) is 3.05. The largest absolute Gasteiger partial charge is 0.495 e. The maximum Gasteiger partial charge on any atom is 0.264 e. The van der Waals surface area contributed by atoms with Crippen molar-refractivity contribution in [3.05, 3.63) is 126 Å². The van der Waals surface area contributed by atoms with Crippen LogP contribution in [0, 0.1) is 18.7 Å². The van der Waals surface area contributed by atoms with E-state index in [4.69, 9.17) is 4.74 Å². The average molecular weight is 646 g/mol. The first-order valence-corrected chi connectivity index (χ1v) is 16.5. The van der Waals surface area contributed by atoms with Crippen LogP contribution in [0.2, 0.25) is 0 Å². The fourth-order valence-corrected chi connectivity index (χ4v) is 6.43. The molecule has 0 unspecified atom stereocenters. The van der Waals surface area contributed by atoms with Crippen LogP contribution in [0.15, 0.2) is 108 Å². The van der Waals surface area contributed by atoms with E-state index in [1.165, 1.54) is 36.3 Å². The summed E-state index contributed by atoms with van der Waals surface area (Å²) in [6.07, 6.45) is 0.177. The molecule has 1 atom stereocenters. The van der Waals surface area contributed by atoms with Gasteiger partial charge in [0.2, 0.25) is 11.8 Å². The summed E-state index contributed by atoms with van der Waals surface area (Å²) in [5, 5.41) is 2.95. The molecule has 0 radical (unpaired) electrons. The molecule has 4 aromatic rings. The van der Waals surface area contributed by atoms with E-state index in [1.54, 1.807) is 48.5 Å². The monoisotopic (exact) mass is 645 g/mol. The van der Waals surface area contributed by atoms with Crippen molar-refractivity contribution in [1.82, 2.24) is 10.2 Å². The van der Waals surface area contributed by atoms with Crippen molar-refractivity contribution in [1.29, 1.82) is 0 Å². The minimum atomic E-state index is -4.28. The molecule has 1 N–H and O–H groups in total. The van der Waals surface area contributed by atoms with Crippen LogP contribution in [-0.4, -0.2) is 51.4 Å². The number of aryl methyl sites for hydroxylation is 1. The highest BCUT2D eigenvalue weighted by Crippen LogP contribution is 2.34. The van der Waals surface area contributed by atoms with Gasteiger partial charge in [0.05, 0.1) is 17.7 Å². The summed E-state index contributed by atoms with van der Waals surface area (Å²) < 4.78 is 48.9. The van der Waals surface area contributed by atoms with Gasteiger partial charge >= 0.3 is 0 Å². The number of rotatable bonds is 14. The second kappa shape index (κ2) is 15.5. The molecule has 0 heterocycles. The molecular weight excluding hydrogens is 605 g/mol. The number of sulfonamides is 1. The van der Waals surface area contributed by atoms with Gasteiger partial charge in [0.15, 0.2) is 0 Å². The summed E-state index contributed by atoms with van der Waals surface area (Å²) >= 11 is 0. The van der Waals surface area contributed by atoms with E-state index in [9.17, 15) is 22.4 Å². The lowest BCUT2D eigenvalue weighted by Gasteiger charge is -2.34. The van der Waals surface area contributed by atoms with E-state index in [2.05, 4.69) is 5.32 Å². The van der Waals surface area contributed by atoms with Crippen LogP contribution in [0.5, 0.6) is 5.75 Å². The van der Waals surface area contributed by atoms with Crippen LogP contribution in [0.3, 0.4) is 0 Å². The summed E-state index contributed by atoms with van der Waals surface area (Å²) in [7, 11) is -2.85. The topological polar surface area (TPSA) is 96.0 Å². The molecule has 4 rings (SSSR count). The van der Waals surface area contributed by atoms with Crippen LogP contribution in [-0.2, 0) is 32.6 Å². The van der Waals surface area contributed by atoms with Crippen molar-refractivity contribution in [3.63, 3.8) is 0 Å². The van der Waals surface area contributed by atoms with E-state index in [0.717, 1.165) is 15.4 Å². The molecule has 0 saturated heterocycles. The number of halogens is 1. The Morgan fingerprint density at radius 1 is 0.870 bits per heavy atom. The maximum atomic E-state index is 14.6. The molecule has 0 bridgehead atoms. The SMILES string of the molecule is COc1ccc(C)cc1N(CC(=O)N(Cc1ccc(F)cc1)[C@@H](Cc1ccccc1)C(=O)NCC(C)C)S(=O)(=O)c1ccccc1. The first-order chi connectivity index (χ1) is 22.0. The minimum Gasteiger partial charge on any atom is -0.495 e. The summed E-state index contributed by atoms with van der Waals surface area (Å²) in [6.45, 7) is 5.45. The molecule has 8 nitrogen and oxygen atoms in total. The van der Waals surface area contributed by atoms with Crippen LogP contribution in [0.25, 0.3) is 0 Å². The van der Waals surface area contributed by atoms with E-state index in [0.29, 0.717) is 12.1 Å². The van der Waals surface area contributed by atoms with Gasteiger partial charge in [-0.25, -0.2) is 12.8 Å². The molecule has 0 fully saturated rings. The Labute approximate surface area is 270 Å². The highest BCUT2D eigenvalue weighted by atomic mass is 32.2. The first-order valence-electron chi connectivity index (χ1n) is 15.1. The lowest BCUT2D eigenvalue weighted by molar-refractivity contribution is -0.140. The number of ether oxygens (including phenoxy) is 1. The minimum absolute atomic E-state index is 0.00745. The highest BCUT2D eigenvalue weighted by Gasteiger charge is 2.35. The van der Waals surface area contributed by atoms with Gasteiger partial charge in [-0.3, -0.25) is 13.9 Å². The molecule has 2 amide bonds. The quantitative estimate of drug-likeness (QED) is 0.189. The maximum absolute atomic E-state index is 14.6. The Morgan fingerprint density at radius 2 is 1.50 bits per heavy atom. The fourth-order valence-electron chi connectivity index (χ4n) is 4.99. The molecule has 0 aliphatic rings. The number of hydrogen-bond acceptors (Lipinski definition) is 5. The third-order valence-electron chi connectivity index (χ3n) is 7.43. The van der Waals surface area contributed by atoms with Crippen LogP contribution in [0.4, 0.5) is 10.1 Å². The number of hydrogen-bond donors (Lipinski definition) is 1. The van der Waals surface area contributed by atoms with Crippen molar-refractivity contribution in [3.8, 4) is 5.75 Å². The van der Waals surface area contributed by atoms with Gasteiger partial charge in [-0.05, 0) is 65.9 Å². The number of amides is 2. The molecule has 0 saturated carbocycles. The Morgan fingerprint density at radius 3 is 2.11 bits per heavy atom. The fraction of sp³-hybridized carbons (Fsp3) is 0.278. The summed E-state index contributed by atoms with van der Waals surface area (Å²) in [4.78, 5) is 29.8. The van der Waals surface area contributed by atoms with Gasteiger partial charge < -0.3 is 15.0 Å². The Kier molecular flexibility index (Phi) is 11.5. The second-order valence-corrected chi connectivity index (χ2v) is 13.4. The first kappa shape index (κ1) is 34.2. The molecule has 0 aliphatic heterocycles. The Hall–Kier alpha value is -4.70. The standard InChI is InChI=1S/C36H40FN3O5S/c1-26(2)23-38-36(42)33(22-28-11-7-5-8-12-28)39(24-29-16-18-30(37)19-17-29)35(41)25-40(32-21-27(3)15-20-34(32)45-4)46(43,44)31-13-9-6-10-14-31/h5-21,26,33H,22-25H2,1-4H3,(H,38,42)/t33-/m0/s1. The predicted molar refractivity (Wildman–Crippen MR) is 177 cm³/mol. The van der Waals surface area contributed by atoms with Crippen molar-refractivity contribution >= 4 is 27.5 Å². The number of nitrogens with one attached hydrogen (secondary N) is 1. The summed E-state index contributed by atoms with van der Waals surface area (Å²) in [5.41, 5.74) is 2.34. The number of nitrogens with zero attached hydrogens (tertiary/aromatic N) is 2. The van der Waals surface area contributed by atoms with E-state index < -0.39 is 34.3 Å². The molecular formula is C36H40FN3O5S. The molecule has 46 heavy (non-hydrogen) atoms. The molecule has 242 valence electrons. The molecule has 0 spiro atoms.